The molecule has 2 rings (SSSR count). The molecule has 0 atom stereocenters. The molecule has 1 aliphatic rings. The Hall–Kier alpha value is 0.0800. The average molecular weight is 549 g/mol. The molecule has 0 fully saturated rings. The lowest BCUT2D eigenvalue weighted by atomic mass is 9.95. The van der Waals surface area contributed by atoms with Crippen molar-refractivity contribution in [3.63, 3.8) is 0 Å². The Bertz CT molecular complexity index is 608. The van der Waals surface area contributed by atoms with Gasteiger partial charge < -0.3 is 10.1 Å². The summed E-state index contributed by atoms with van der Waals surface area (Å²) in [6.07, 6.45) is 0.749. The molecule has 4 nitrogen and oxygen atoms in total. The Balaban J connectivity index is 2.59. The highest BCUT2D eigenvalue weighted by Gasteiger charge is 2.47. The molecule has 1 aliphatic carbocycles. The van der Waals surface area contributed by atoms with Crippen molar-refractivity contribution < 1.29 is 14.3 Å². The van der Waals surface area contributed by atoms with Gasteiger partial charge >= 0.3 is 5.97 Å². The molecule has 114 valence electrons. The Morgan fingerprint density at radius 2 is 1.43 bits per heavy atom. The van der Waals surface area contributed by atoms with Crippen LogP contribution in [0.3, 0.4) is 0 Å². The molecule has 21 heavy (non-hydrogen) atoms. The normalized spacial score (nSPS) is 15.5. The van der Waals surface area contributed by atoms with Gasteiger partial charge in [-0.15, -0.1) is 0 Å². The number of hydrogen-bond donors (Lipinski definition) is 1. The van der Waals surface area contributed by atoms with Crippen LogP contribution >= 0.6 is 63.7 Å². The number of methoxy groups -OCH3 is 1. The molecule has 0 bridgehead atoms. The first-order valence-corrected chi connectivity index (χ1v) is 9.11. The van der Waals surface area contributed by atoms with E-state index in [1.165, 1.54) is 14.0 Å². The van der Waals surface area contributed by atoms with Gasteiger partial charge in [-0.1, -0.05) is 0 Å². The van der Waals surface area contributed by atoms with Gasteiger partial charge in [-0.2, -0.15) is 0 Å². The topological polar surface area (TPSA) is 55.4 Å². The number of carbonyl (C=O) groups excluding carboxylic acids is 2. The second kappa shape index (κ2) is 6.29. The minimum Gasteiger partial charge on any atom is -0.467 e. The average Bonchev–Trinajstić information content (AvgIpc) is 2.82. The summed E-state index contributed by atoms with van der Waals surface area (Å²) >= 11 is 14.1. The van der Waals surface area contributed by atoms with Crippen molar-refractivity contribution in [3.8, 4) is 0 Å². The van der Waals surface area contributed by atoms with Crippen LogP contribution in [0.4, 0.5) is 0 Å². The lowest BCUT2D eigenvalue weighted by Crippen LogP contribution is -2.55. The van der Waals surface area contributed by atoms with E-state index in [9.17, 15) is 9.59 Å². The number of ether oxygens (including phenoxy) is 1. The first kappa shape index (κ1) is 17.4. The zero-order chi connectivity index (χ0) is 15.9. The lowest BCUT2D eigenvalue weighted by molar-refractivity contribution is -0.150. The third-order valence-electron chi connectivity index (χ3n) is 3.42. The van der Waals surface area contributed by atoms with E-state index in [0.717, 1.165) is 29.0 Å². The number of hydrogen-bond acceptors (Lipinski definition) is 3. The molecular weight excluding hydrogens is 538 g/mol. The van der Waals surface area contributed by atoms with Crippen LogP contribution in [-0.2, 0) is 27.2 Å². The van der Waals surface area contributed by atoms with Crippen molar-refractivity contribution in [2.45, 2.75) is 25.3 Å². The first-order valence-electron chi connectivity index (χ1n) is 5.94. The van der Waals surface area contributed by atoms with Crippen molar-refractivity contribution in [3.05, 3.63) is 29.0 Å². The fourth-order valence-corrected chi connectivity index (χ4v) is 5.14. The molecule has 1 amide bonds. The minimum absolute atomic E-state index is 0.265. The van der Waals surface area contributed by atoms with Crippen molar-refractivity contribution in [1.29, 1.82) is 0 Å². The highest BCUT2D eigenvalue weighted by Crippen LogP contribution is 2.47. The van der Waals surface area contributed by atoms with Crippen LogP contribution in [-0.4, -0.2) is 24.5 Å². The molecule has 1 aromatic rings. The number of benzene rings is 1. The highest BCUT2D eigenvalue weighted by molar-refractivity contribution is 9.15. The van der Waals surface area contributed by atoms with Gasteiger partial charge in [0.05, 0.1) is 7.11 Å². The van der Waals surface area contributed by atoms with Crippen LogP contribution in [0.2, 0.25) is 0 Å². The van der Waals surface area contributed by atoms with E-state index in [4.69, 9.17) is 4.74 Å². The summed E-state index contributed by atoms with van der Waals surface area (Å²) < 4.78 is 8.35. The molecule has 0 radical (unpaired) electrons. The fraction of sp³-hybridized carbons (Fsp3) is 0.385. The number of fused-ring (bicyclic) bond motifs is 1. The molecule has 0 spiro atoms. The van der Waals surface area contributed by atoms with Gasteiger partial charge in [-0.25, -0.2) is 4.79 Å². The van der Waals surface area contributed by atoms with Gasteiger partial charge in [0.1, 0.15) is 5.54 Å². The second-order valence-corrected chi connectivity index (χ2v) is 7.99. The molecule has 0 aliphatic heterocycles. The van der Waals surface area contributed by atoms with Crippen LogP contribution in [0, 0.1) is 0 Å². The van der Waals surface area contributed by atoms with Crippen molar-refractivity contribution in [2.75, 3.05) is 7.11 Å². The van der Waals surface area contributed by atoms with Crippen LogP contribution in [0.1, 0.15) is 18.1 Å². The molecule has 1 aromatic carbocycles. The first-order chi connectivity index (χ1) is 9.73. The van der Waals surface area contributed by atoms with Gasteiger partial charge in [0.15, 0.2) is 0 Å². The maximum absolute atomic E-state index is 12.2. The molecule has 0 unspecified atom stereocenters. The standard InChI is InChI=1S/C13H11Br4NO3/c1-5(19)18-13(12(20)21-2)3-6-7(4-13)9(15)11(17)10(16)8(6)14/h3-4H2,1-2H3,(H,18,19). The van der Waals surface area contributed by atoms with Crippen molar-refractivity contribution >= 4 is 75.6 Å². The molecule has 8 heteroatoms. The third-order valence-corrected chi connectivity index (χ3v) is 8.35. The van der Waals surface area contributed by atoms with Crippen molar-refractivity contribution in [2.24, 2.45) is 0 Å². The molecule has 0 heterocycles. The highest BCUT2D eigenvalue weighted by atomic mass is 79.9. The van der Waals surface area contributed by atoms with E-state index in [1.807, 2.05) is 0 Å². The predicted molar refractivity (Wildman–Crippen MR) is 93.2 cm³/mol. The van der Waals surface area contributed by atoms with Gasteiger partial charge in [0.2, 0.25) is 5.91 Å². The van der Waals surface area contributed by atoms with Crippen molar-refractivity contribution in [1.82, 2.24) is 5.32 Å². The van der Waals surface area contributed by atoms with Gasteiger partial charge in [0.25, 0.3) is 0 Å². The Labute approximate surface area is 155 Å². The maximum atomic E-state index is 12.2. The van der Waals surface area contributed by atoms with Crippen LogP contribution in [0.25, 0.3) is 0 Å². The molecule has 1 N–H and O–H groups in total. The zero-order valence-electron chi connectivity index (χ0n) is 11.2. The summed E-state index contributed by atoms with van der Waals surface area (Å²) in [6.45, 7) is 1.39. The summed E-state index contributed by atoms with van der Waals surface area (Å²) in [5.41, 5.74) is 0.876. The molecule has 0 aromatic heterocycles. The SMILES string of the molecule is COC(=O)C1(NC(C)=O)Cc2c(Br)c(Br)c(Br)c(Br)c2C1. The molecular formula is C13H11Br4NO3. The van der Waals surface area contributed by atoms with Crippen LogP contribution < -0.4 is 5.32 Å². The number of halogens is 4. The summed E-state index contributed by atoms with van der Waals surface area (Å²) in [6, 6.07) is 0. The summed E-state index contributed by atoms with van der Waals surface area (Å²) in [5.74, 6) is -0.710. The molecule has 0 saturated heterocycles. The number of rotatable bonds is 2. The van der Waals surface area contributed by atoms with Crippen LogP contribution in [0.5, 0.6) is 0 Å². The lowest BCUT2D eigenvalue weighted by Gasteiger charge is -2.26. The van der Waals surface area contributed by atoms with Gasteiger partial charge in [-0.3, -0.25) is 4.79 Å². The van der Waals surface area contributed by atoms with Crippen LogP contribution in [0.15, 0.2) is 17.9 Å². The summed E-state index contributed by atoms with van der Waals surface area (Å²) in [5, 5.41) is 2.76. The quantitative estimate of drug-likeness (QED) is 0.347. The Kier molecular flexibility index (Phi) is 5.23. The molecule has 0 saturated carbocycles. The Morgan fingerprint density at radius 1 is 1.00 bits per heavy atom. The van der Waals surface area contributed by atoms with E-state index >= 15 is 0 Å². The summed E-state index contributed by atoms with van der Waals surface area (Å²) in [7, 11) is 1.32. The van der Waals surface area contributed by atoms with Gasteiger partial charge in [-0.05, 0) is 74.8 Å². The fourth-order valence-electron chi connectivity index (χ4n) is 2.57. The largest absolute Gasteiger partial charge is 0.467 e. The van der Waals surface area contributed by atoms with E-state index < -0.39 is 11.5 Å². The monoisotopic (exact) mass is 545 g/mol. The minimum atomic E-state index is -1.06. The smallest absolute Gasteiger partial charge is 0.332 e. The van der Waals surface area contributed by atoms with E-state index in [0.29, 0.717) is 12.8 Å². The number of amides is 1. The number of carbonyl (C=O) groups is 2. The van der Waals surface area contributed by atoms with E-state index in [2.05, 4.69) is 69.0 Å². The predicted octanol–water partition coefficient (Wildman–Crippen LogP) is 3.88. The van der Waals surface area contributed by atoms with Gasteiger partial charge in [0, 0.05) is 37.7 Å². The number of nitrogens with one attached hydrogen (secondary N) is 1. The summed E-state index contributed by atoms with van der Waals surface area (Å²) in [4.78, 5) is 23.8. The second-order valence-electron chi connectivity index (χ2n) is 4.82. The zero-order valence-corrected chi connectivity index (χ0v) is 17.5. The number of esters is 1. The van der Waals surface area contributed by atoms with E-state index in [1.54, 1.807) is 0 Å². The van der Waals surface area contributed by atoms with E-state index in [-0.39, 0.29) is 5.91 Å². The maximum Gasteiger partial charge on any atom is 0.332 e. The third kappa shape index (κ3) is 2.96. The Morgan fingerprint density at radius 3 is 1.76 bits per heavy atom.